The fraction of sp³-hybridized carbons (Fsp3) is 0.714. The summed E-state index contributed by atoms with van der Waals surface area (Å²) in [5.41, 5.74) is 0. The van der Waals surface area contributed by atoms with Gasteiger partial charge in [-0.2, -0.15) is 0 Å². The lowest BCUT2D eigenvalue weighted by Gasteiger charge is -2.07. The van der Waals surface area contributed by atoms with Gasteiger partial charge >= 0.3 is 0 Å². The van der Waals surface area contributed by atoms with Gasteiger partial charge in [0.05, 0.1) is 0 Å². The van der Waals surface area contributed by atoms with Crippen LogP contribution in [0, 0.1) is 11.8 Å². The molecule has 0 aromatic heterocycles. The van der Waals surface area contributed by atoms with Crippen LogP contribution in [-0.4, -0.2) is 11.8 Å². The molecule has 0 bridgehead atoms. The van der Waals surface area contributed by atoms with Crippen molar-refractivity contribution in [1.29, 1.82) is 0 Å². The second-order valence-electron chi connectivity index (χ2n) is 2.97. The largest absolute Gasteiger partial charge is 0.296 e. The summed E-state index contributed by atoms with van der Waals surface area (Å²) in [6.07, 6.45) is 0.372. The molecule has 10 heavy (non-hydrogen) atoms. The second kappa shape index (κ2) is 2.40. The third-order valence-electron chi connectivity index (χ3n) is 1.81. The van der Waals surface area contributed by atoms with E-state index < -0.39 is 0 Å². The van der Waals surface area contributed by atoms with Crippen LogP contribution in [-0.2, 0) is 9.59 Å². The van der Waals surface area contributed by atoms with Crippen LogP contribution in [0.1, 0.15) is 21.7 Å². The lowest BCUT2D eigenvalue weighted by Crippen LogP contribution is -2.24. The highest BCUT2D eigenvalue weighted by atomic mass is 16.2. The Kier molecular flexibility index (Phi) is 1.74. The van der Waals surface area contributed by atoms with E-state index in [0.29, 0.717) is 6.42 Å². The van der Waals surface area contributed by atoms with Crippen molar-refractivity contribution in [1.82, 2.24) is 5.32 Å². The molecule has 1 unspecified atom stereocenters. The highest BCUT2D eigenvalue weighted by Crippen LogP contribution is 2.19. The van der Waals surface area contributed by atoms with Gasteiger partial charge in [-0.1, -0.05) is 13.8 Å². The van der Waals surface area contributed by atoms with Crippen LogP contribution in [0.3, 0.4) is 0 Å². The molecule has 0 radical (unpaired) electrons. The maximum atomic E-state index is 10.9. The van der Waals surface area contributed by atoms with Gasteiger partial charge in [-0.3, -0.25) is 14.9 Å². The monoisotopic (exact) mass is 143 g/mol. The van der Waals surface area contributed by atoms with Crippen LogP contribution in [0.4, 0.5) is 0 Å². The first-order chi connectivity index (χ1) is 4.61. The third kappa shape index (κ3) is 1.17. The Morgan fingerprint density at radius 1 is 1.60 bits per heavy atom. The van der Waals surface area contributed by atoms with Gasteiger partial charge in [0.1, 0.15) is 0 Å². The van der Waals surface area contributed by atoms with Crippen molar-refractivity contribution < 1.29 is 11.0 Å². The summed E-state index contributed by atoms with van der Waals surface area (Å²) in [4.78, 5) is 21.5. The Labute approximate surface area is 61.3 Å². The minimum atomic E-state index is -0.135. The fourth-order valence-electron chi connectivity index (χ4n) is 1.11. The summed E-state index contributed by atoms with van der Waals surface area (Å²) >= 11 is 0. The number of imide groups is 1. The molecule has 0 spiro atoms. The van der Waals surface area contributed by atoms with Gasteiger partial charge in [-0.15, -0.1) is 0 Å². The van der Waals surface area contributed by atoms with Gasteiger partial charge in [0.25, 0.3) is 0 Å². The zero-order valence-electron chi connectivity index (χ0n) is 6.18. The van der Waals surface area contributed by atoms with E-state index in [9.17, 15) is 9.59 Å². The Morgan fingerprint density at radius 3 is 2.40 bits per heavy atom. The van der Waals surface area contributed by atoms with Gasteiger partial charge in [0.2, 0.25) is 11.8 Å². The van der Waals surface area contributed by atoms with Gasteiger partial charge in [0.15, 0.2) is 0 Å². The molecule has 1 atom stereocenters. The maximum absolute atomic E-state index is 10.9. The molecule has 1 heterocycles. The molecule has 0 aliphatic carbocycles. The van der Waals surface area contributed by atoms with Crippen LogP contribution in [0.15, 0.2) is 0 Å². The molecule has 0 saturated carbocycles. The first kappa shape index (κ1) is 7.25. The van der Waals surface area contributed by atoms with Crippen LogP contribution in [0.5, 0.6) is 0 Å². The van der Waals surface area contributed by atoms with Crippen molar-refractivity contribution in [3.05, 3.63) is 0 Å². The molecule has 58 valence electrons. The zero-order chi connectivity index (χ0) is 7.72. The Balaban J connectivity index is 0.000001000. The number of nitrogens with one attached hydrogen (secondary N) is 1. The summed E-state index contributed by atoms with van der Waals surface area (Å²) in [6.45, 7) is 3.89. The zero-order valence-corrected chi connectivity index (χ0v) is 6.18. The molecule has 1 rings (SSSR count). The number of carbonyl (C=O) groups excluding carboxylic acids is 2. The van der Waals surface area contributed by atoms with Crippen molar-refractivity contribution in [3.63, 3.8) is 0 Å². The van der Waals surface area contributed by atoms with E-state index in [4.69, 9.17) is 0 Å². The molecule has 3 heteroatoms. The van der Waals surface area contributed by atoms with Crippen molar-refractivity contribution in [2.45, 2.75) is 20.3 Å². The summed E-state index contributed by atoms with van der Waals surface area (Å²) in [7, 11) is 0. The normalized spacial score (nSPS) is 25.7. The molecule has 1 N–H and O–H groups in total. The van der Waals surface area contributed by atoms with E-state index in [0.717, 1.165) is 0 Å². The van der Waals surface area contributed by atoms with E-state index in [1.54, 1.807) is 0 Å². The molecule has 0 aromatic rings. The summed E-state index contributed by atoms with van der Waals surface area (Å²) in [5, 5.41) is 2.27. The average molecular weight is 143 g/mol. The topological polar surface area (TPSA) is 46.2 Å². The lowest BCUT2D eigenvalue weighted by atomic mass is 9.95. The fourth-order valence-corrected chi connectivity index (χ4v) is 1.11. The molecular weight excluding hydrogens is 130 g/mol. The van der Waals surface area contributed by atoms with E-state index in [1.165, 1.54) is 0 Å². The van der Waals surface area contributed by atoms with Gasteiger partial charge in [-0.05, 0) is 5.92 Å². The van der Waals surface area contributed by atoms with E-state index in [1.807, 2.05) is 13.8 Å². The van der Waals surface area contributed by atoms with Crippen molar-refractivity contribution in [2.24, 2.45) is 11.8 Å². The van der Waals surface area contributed by atoms with Crippen LogP contribution in [0.2, 0.25) is 0 Å². The highest BCUT2D eigenvalue weighted by molar-refractivity contribution is 6.03. The quantitative estimate of drug-likeness (QED) is 0.545. The van der Waals surface area contributed by atoms with Crippen LogP contribution >= 0.6 is 0 Å². The van der Waals surface area contributed by atoms with E-state index >= 15 is 0 Å². The predicted octanol–water partition coefficient (Wildman–Crippen LogP) is 0.551. The Bertz CT molecular complexity index is 179. The molecule has 0 aromatic carbocycles. The third-order valence-corrected chi connectivity index (χ3v) is 1.81. The average Bonchev–Trinajstić information content (AvgIpc) is 2.10. The van der Waals surface area contributed by atoms with Gasteiger partial charge < -0.3 is 0 Å². The predicted molar refractivity (Wildman–Crippen MR) is 38.2 cm³/mol. The molecule has 1 fully saturated rings. The number of hydrogen-bond acceptors (Lipinski definition) is 2. The minimum Gasteiger partial charge on any atom is -0.296 e. The first-order valence-corrected chi connectivity index (χ1v) is 3.45. The highest BCUT2D eigenvalue weighted by Gasteiger charge is 2.32. The number of amides is 2. The van der Waals surface area contributed by atoms with Crippen LogP contribution in [0.25, 0.3) is 0 Å². The minimum absolute atomic E-state index is 0. The molecule has 3 nitrogen and oxygen atoms in total. The Morgan fingerprint density at radius 2 is 2.20 bits per heavy atom. The lowest BCUT2D eigenvalue weighted by molar-refractivity contribution is -0.126. The summed E-state index contributed by atoms with van der Waals surface area (Å²) in [5.74, 6) is -0.0670. The molecule has 2 amide bonds. The Hall–Kier alpha value is -0.860. The van der Waals surface area contributed by atoms with Crippen molar-refractivity contribution in [2.75, 3.05) is 0 Å². The van der Waals surface area contributed by atoms with Crippen molar-refractivity contribution in [3.8, 4) is 0 Å². The van der Waals surface area contributed by atoms with Crippen LogP contribution < -0.4 is 5.32 Å². The molecular formula is C7H13NO2. The summed E-state index contributed by atoms with van der Waals surface area (Å²) < 4.78 is 0. The molecule has 1 aliphatic rings. The second-order valence-corrected chi connectivity index (χ2v) is 2.97. The standard InChI is InChI=1S/C7H11NO2.H2/c1-4(2)5-3-6(9)8-7(5)10;/h4-5H,3H2,1-2H3,(H,8,9,10);1H. The summed E-state index contributed by atoms with van der Waals surface area (Å²) in [6, 6.07) is 0. The first-order valence-electron chi connectivity index (χ1n) is 3.45. The number of carbonyl (C=O) groups is 2. The van der Waals surface area contributed by atoms with E-state index in [2.05, 4.69) is 5.32 Å². The number of rotatable bonds is 1. The maximum Gasteiger partial charge on any atom is 0.230 e. The molecule has 1 saturated heterocycles. The number of hydrogen-bond donors (Lipinski definition) is 1. The van der Waals surface area contributed by atoms with E-state index in [-0.39, 0.29) is 25.1 Å². The SMILES string of the molecule is CC(C)C1CC(=O)NC1=O.[HH]. The van der Waals surface area contributed by atoms with Crippen molar-refractivity contribution >= 4 is 11.8 Å². The van der Waals surface area contributed by atoms with Gasteiger partial charge in [-0.25, -0.2) is 0 Å². The smallest absolute Gasteiger partial charge is 0.230 e. The van der Waals surface area contributed by atoms with Gasteiger partial charge in [0, 0.05) is 13.8 Å². The molecule has 1 aliphatic heterocycles.